The first kappa shape index (κ1) is 21.9. The second kappa shape index (κ2) is 8.48. The largest absolute Gasteiger partial charge is 0.416 e. The molecule has 0 spiro atoms. The second-order valence-electron chi connectivity index (χ2n) is 8.46. The van der Waals surface area contributed by atoms with Gasteiger partial charge in [0.05, 0.1) is 11.8 Å². The third kappa shape index (κ3) is 4.33. The van der Waals surface area contributed by atoms with Gasteiger partial charge in [0.2, 0.25) is 0 Å². The van der Waals surface area contributed by atoms with E-state index in [1.807, 2.05) is 19.2 Å². The molecular weight excluding hydrogens is 443 g/mol. The molecule has 6 nitrogen and oxygen atoms in total. The number of halogens is 3. The fourth-order valence-electron chi connectivity index (χ4n) is 4.09. The smallest absolute Gasteiger partial charge is 0.308 e. The number of aryl methyl sites for hydroxylation is 1. The Labute approximate surface area is 193 Å². The molecule has 2 aromatic heterocycles. The molecule has 174 valence electrons. The predicted molar refractivity (Wildman–Crippen MR) is 125 cm³/mol. The number of fused-ring (bicyclic) bond motifs is 1. The first-order chi connectivity index (χ1) is 16.3. The van der Waals surface area contributed by atoms with Gasteiger partial charge in [-0.1, -0.05) is 24.6 Å². The first-order valence-electron chi connectivity index (χ1n) is 11.0. The van der Waals surface area contributed by atoms with Crippen molar-refractivity contribution in [2.75, 3.05) is 10.6 Å². The van der Waals surface area contributed by atoms with E-state index in [2.05, 4.69) is 21.8 Å². The molecule has 0 aliphatic heterocycles. The molecule has 2 heterocycles. The zero-order valence-corrected chi connectivity index (χ0v) is 18.4. The number of aromatic nitrogens is 3. The van der Waals surface area contributed by atoms with Crippen molar-refractivity contribution in [3.05, 3.63) is 72.1 Å². The van der Waals surface area contributed by atoms with Crippen LogP contribution in [-0.4, -0.2) is 20.8 Å². The third-order valence-electron chi connectivity index (χ3n) is 6.15. The van der Waals surface area contributed by atoms with Crippen LogP contribution in [0.2, 0.25) is 0 Å². The van der Waals surface area contributed by atoms with Crippen LogP contribution in [0.25, 0.3) is 22.2 Å². The highest BCUT2D eigenvalue weighted by Gasteiger charge is 2.30. The fraction of sp³-hybridized carbons (Fsp3) is 0.240. The van der Waals surface area contributed by atoms with Crippen molar-refractivity contribution in [1.29, 1.82) is 0 Å². The SMILES string of the molecule is Cn1ncc2c(-c3ccc(NC(=O)Nc4cccc(C(F)(F)F)c4)cc3)cc(C3CCC3)nc21. The Morgan fingerprint density at radius 2 is 1.76 bits per heavy atom. The number of anilines is 2. The van der Waals surface area contributed by atoms with E-state index >= 15 is 0 Å². The number of hydrogen-bond donors (Lipinski definition) is 2. The Balaban J connectivity index is 1.34. The van der Waals surface area contributed by atoms with Gasteiger partial charge >= 0.3 is 12.2 Å². The van der Waals surface area contributed by atoms with Crippen LogP contribution in [0.5, 0.6) is 0 Å². The van der Waals surface area contributed by atoms with E-state index in [1.165, 1.54) is 18.6 Å². The quantitative estimate of drug-likeness (QED) is 0.358. The predicted octanol–water partition coefficient (Wildman–Crippen LogP) is 6.57. The minimum atomic E-state index is -4.48. The number of carbonyl (C=O) groups excluding carboxylic acids is 1. The Kier molecular flexibility index (Phi) is 5.47. The lowest BCUT2D eigenvalue weighted by Gasteiger charge is -2.25. The molecule has 5 rings (SSSR count). The van der Waals surface area contributed by atoms with Gasteiger partial charge in [0, 0.05) is 35.4 Å². The third-order valence-corrected chi connectivity index (χ3v) is 6.15. The molecule has 9 heteroatoms. The molecule has 2 amide bonds. The van der Waals surface area contributed by atoms with Gasteiger partial charge in [-0.2, -0.15) is 18.3 Å². The fourth-order valence-corrected chi connectivity index (χ4v) is 4.09. The summed E-state index contributed by atoms with van der Waals surface area (Å²) in [4.78, 5) is 17.1. The van der Waals surface area contributed by atoms with Crippen LogP contribution < -0.4 is 10.6 Å². The van der Waals surface area contributed by atoms with Crippen LogP contribution in [0, 0.1) is 0 Å². The van der Waals surface area contributed by atoms with Crippen molar-refractivity contribution in [2.45, 2.75) is 31.4 Å². The summed E-state index contributed by atoms with van der Waals surface area (Å²) in [7, 11) is 1.87. The summed E-state index contributed by atoms with van der Waals surface area (Å²) >= 11 is 0. The van der Waals surface area contributed by atoms with Crippen LogP contribution in [0.4, 0.5) is 29.3 Å². The molecule has 0 radical (unpaired) electrons. The van der Waals surface area contributed by atoms with Crippen molar-refractivity contribution in [3.8, 4) is 11.1 Å². The topological polar surface area (TPSA) is 71.8 Å². The van der Waals surface area contributed by atoms with Crippen LogP contribution in [0.15, 0.2) is 60.8 Å². The number of nitrogens with one attached hydrogen (secondary N) is 2. The molecule has 2 N–H and O–H groups in total. The minimum absolute atomic E-state index is 0.0585. The van der Waals surface area contributed by atoms with E-state index in [9.17, 15) is 18.0 Å². The zero-order chi connectivity index (χ0) is 23.9. The maximum Gasteiger partial charge on any atom is 0.416 e. The summed E-state index contributed by atoms with van der Waals surface area (Å²) < 4.78 is 40.4. The summed E-state index contributed by atoms with van der Waals surface area (Å²) in [6.07, 6.45) is 0.819. The molecule has 1 aliphatic carbocycles. The average Bonchev–Trinajstić information content (AvgIpc) is 3.13. The number of benzene rings is 2. The van der Waals surface area contributed by atoms with Gasteiger partial charge in [0.25, 0.3) is 0 Å². The lowest BCUT2D eigenvalue weighted by molar-refractivity contribution is -0.137. The maximum absolute atomic E-state index is 12.9. The maximum atomic E-state index is 12.9. The van der Waals surface area contributed by atoms with Crippen molar-refractivity contribution in [3.63, 3.8) is 0 Å². The average molecular weight is 465 g/mol. The molecule has 0 saturated heterocycles. The van der Waals surface area contributed by atoms with Gasteiger partial charge in [-0.05, 0) is 60.4 Å². The molecule has 0 atom stereocenters. The van der Waals surface area contributed by atoms with Gasteiger partial charge in [0.1, 0.15) is 0 Å². The number of hydrogen-bond acceptors (Lipinski definition) is 3. The van der Waals surface area contributed by atoms with E-state index in [1.54, 1.807) is 23.0 Å². The first-order valence-corrected chi connectivity index (χ1v) is 11.0. The van der Waals surface area contributed by atoms with Crippen molar-refractivity contribution in [2.24, 2.45) is 7.05 Å². The van der Waals surface area contributed by atoms with Gasteiger partial charge in [-0.25, -0.2) is 9.78 Å². The Morgan fingerprint density at radius 3 is 2.44 bits per heavy atom. The Hall–Kier alpha value is -3.88. The number of pyridine rings is 1. The summed E-state index contributed by atoms with van der Waals surface area (Å²) in [5.41, 5.74) is 3.65. The van der Waals surface area contributed by atoms with E-state index < -0.39 is 17.8 Å². The number of alkyl halides is 3. The van der Waals surface area contributed by atoms with E-state index in [0.717, 1.165) is 52.8 Å². The summed E-state index contributed by atoms with van der Waals surface area (Å²) in [6.45, 7) is 0. The summed E-state index contributed by atoms with van der Waals surface area (Å²) in [5.74, 6) is 0.471. The van der Waals surface area contributed by atoms with Crippen molar-refractivity contribution >= 4 is 28.4 Å². The molecule has 4 aromatic rings. The van der Waals surface area contributed by atoms with E-state index in [4.69, 9.17) is 4.98 Å². The van der Waals surface area contributed by atoms with Gasteiger partial charge < -0.3 is 10.6 Å². The molecule has 0 bridgehead atoms. The van der Waals surface area contributed by atoms with Crippen LogP contribution >= 0.6 is 0 Å². The van der Waals surface area contributed by atoms with E-state index in [-0.39, 0.29) is 5.69 Å². The highest BCUT2D eigenvalue weighted by atomic mass is 19.4. The summed E-state index contributed by atoms with van der Waals surface area (Å²) in [5, 5.41) is 10.4. The molecule has 1 fully saturated rings. The lowest BCUT2D eigenvalue weighted by Crippen LogP contribution is -2.19. The van der Waals surface area contributed by atoms with Crippen LogP contribution in [0.3, 0.4) is 0 Å². The highest BCUT2D eigenvalue weighted by Crippen LogP contribution is 2.39. The van der Waals surface area contributed by atoms with Crippen LogP contribution in [0.1, 0.15) is 36.4 Å². The van der Waals surface area contributed by atoms with Gasteiger partial charge in [-0.3, -0.25) is 4.68 Å². The molecule has 2 aromatic carbocycles. The monoisotopic (exact) mass is 465 g/mol. The summed E-state index contributed by atoms with van der Waals surface area (Å²) in [6, 6.07) is 13.3. The normalized spacial score (nSPS) is 14.1. The van der Waals surface area contributed by atoms with Crippen LogP contribution in [-0.2, 0) is 13.2 Å². The number of urea groups is 1. The van der Waals surface area contributed by atoms with Gasteiger partial charge in [-0.15, -0.1) is 0 Å². The number of rotatable bonds is 4. The molecule has 0 unspecified atom stereocenters. The van der Waals surface area contributed by atoms with Crippen molar-refractivity contribution in [1.82, 2.24) is 14.8 Å². The number of carbonyl (C=O) groups is 1. The lowest BCUT2D eigenvalue weighted by atomic mass is 9.82. The van der Waals surface area contributed by atoms with Crippen molar-refractivity contribution < 1.29 is 18.0 Å². The van der Waals surface area contributed by atoms with E-state index in [0.29, 0.717) is 11.6 Å². The minimum Gasteiger partial charge on any atom is -0.308 e. The Morgan fingerprint density at radius 1 is 1.03 bits per heavy atom. The highest BCUT2D eigenvalue weighted by molar-refractivity contribution is 6.00. The van der Waals surface area contributed by atoms with Gasteiger partial charge in [0.15, 0.2) is 5.65 Å². The molecule has 1 saturated carbocycles. The Bertz CT molecular complexity index is 1360. The molecule has 34 heavy (non-hydrogen) atoms. The number of amides is 2. The zero-order valence-electron chi connectivity index (χ0n) is 18.4. The standard InChI is InChI=1S/C25H22F3N5O/c1-33-23-21(14-29-33)20(13-22(32-23)16-4-2-5-16)15-8-10-18(11-9-15)30-24(34)31-19-7-3-6-17(12-19)25(26,27)28/h3,6-14,16H,2,4-5H2,1H3,(H2,30,31,34). The second-order valence-corrected chi connectivity index (χ2v) is 8.46. The molecule has 1 aliphatic rings. The molecular formula is C25H22F3N5O. The number of nitrogens with zero attached hydrogens (tertiary/aromatic N) is 3.